The van der Waals surface area contributed by atoms with Crippen molar-refractivity contribution in [3.05, 3.63) is 0 Å². The van der Waals surface area contributed by atoms with Gasteiger partial charge in [0.1, 0.15) is 0 Å². The molecule has 6 nitrogen and oxygen atoms in total. The molecule has 0 heterocycles. The number of hydrogen-bond acceptors (Lipinski definition) is 4. The van der Waals surface area contributed by atoms with Gasteiger partial charge >= 0.3 is 12.2 Å². The van der Waals surface area contributed by atoms with E-state index in [1.807, 2.05) is 24.7 Å². The summed E-state index contributed by atoms with van der Waals surface area (Å²) in [4.78, 5) is 21.6. The third-order valence-electron chi connectivity index (χ3n) is 1.14. The Hall–Kier alpha value is -1.46. The van der Waals surface area contributed by atoms with Crippen molar-refractivity contribution in [1.29, 1.82) is 0 Å². The number of ether oxygens (including phenoxy) is 2. The molecule has 0 rings (SSSR count). The van der Waals surface area contributed by atoms with Crippen LogP contribution in [0.4, 0.5) is 9.59 Å². The summed E-state index contributed by atoms with van der Waals surface area (Å²) in [5, 5.41) is 0. The van der Waals surface area contributed by atoms with E-state index in [-0.39, 0.29) is 0 Å². The van der Waals surface area contributed by atoms with Crippen LogP contribution in [0.25, 0.3) is 0 Å². The van der Waals surface area contributed by atoms with Crippen LogP contribution >= 0.6 is 0 Å². The van der Waals surface area contributed by atoms with Crippen molar-refractivity contribution in [1.82, 2.24) is 10.9 Å². The van der Waals surface area contributed by atoms with Crippen molar-refractivity contribution in [3.8, 4) is 0 Å². The minimum atomic E-state index is -0.694. The number of rotatable bonds is 4. The molecule has 0 saturated carbocycles. The lowest BCUT2D eigenvalue weighted by molar-refractivity contribution is 0.124. The van der Waals surface area contributed by atoms with Crippen molar-refractivity contribution in [2.24, 2.45) is 0 Å². The van der Waals surface area contributed by atoms with Gasteiger partial charge in [-0.05, 0) is 12.8 Å². The van der Waals surface area contributed by atoms with E-state index in [2.05, 4.69) is 9.47 Å². The van der Waals surface area contributed by atoms with Gasteiger partial charge in [0.15, 0.2) is 0 Å². The van der Waals surface area contributed by atoms with Gasteiger partial charge in [0.2, 0.25) is 0 Å². The Kier molecular flexibility index (Phi) is 7.30. The zero-order valence-electron chi connectivity index (χ0n) is 8.46. The molecule has 82 valence electrons. The van der Waals surface area contributed by atoms with Gasteiger partial charge in [-0.25, -0.2) is 20.4 Å². The highest BCUT2D eigenvalue weighted by Gasteiger charge is 2.04. The molecule has 0 aromatic rings. The average Bonchev–Trinajstić information content (AvgIpc) is 2.20. The first-order valence-electron chi connectivity index (χ1n) is 4.56. The molecule has 0 aromatic heterocycles. The van der Waals surface area contributed by atoms with E-state index >= 15 is 0 Å². The van der Waals surface area contributed by atoms with Crippen LogP contribution in [0.15, 0.2) is 0 Å². The smallest absolute Gasteiger partial charge is 0.426 e. The number of hydrazine groups is 1. The summed E-state index contributed by atoms with van der Waals surface area (Å²) < 4.78 is 9.25. The van der Waals surface area contributed by atoms with Gasteiger partial charge < -0.3 is 9.47 Å². The maximum atomic E-state index is 10.8. The highest BCUT2D eigenvalue weighted by molar-refractivity contribution is 5.73. The summed E-state index contributed by atoms with van der Waals surface area (Å²) in [5.74, 6) is 0. The van der Waals surface area contributed by atoms with Crippen LogP contribution in [0.5, 0.6) is 0 Å². The van der Waals surface area contributed by atoms with Gasteiger partial charge in [-0.3, -0.25) is 0 Å². The monoisotopic (exact) mass is 204 g/mol. The van der Waals surface area contributed by atoms with Gasteiger partial charge in [-0.1, -0.05) is 13.8 Å². The van der Waals surface area contributed by atoms with Crippen LogP contribution in [0.1, 0.15) is 26.7 Å². The molecule has 0 spiro atoms. The molecule has 0 radical (unpaired) electrons. The first-order valence-corrected chi connectivity index (χ1v) is 4.56. The van der Waals surface area contributed by atoms with Gasteiger partial charge in [0.05, 0.1) is 13.2 Å². The second-order valence-electron chi connectivity index (χ2n) is 2.52. The molecular weight excluding hydrogens is 188 g/mol. The molecule has 2 amide bonds. The Labute approximate surface area is 82.9 Å². The summed E-state index contributed by atoms with van der Waals surface area (Å²) >= 11 is 0. The lowest BCUT2D eigenvalue weighted by atomic mass is 10.5. The van der Waals surface area contributed by atoms with Crippen LogP contribution < -0.4 is 10.9 Å². The van der Waals surface area contributed by atoms with Crippen molar-refractivity contribution in [2.75, 3.05) is 13.2 Å². The fraction of sp³-hybridized carbons (Fsp3) is 0.750. The summed E-state index contributed by atoms with van der Waals surface area (Å²) in [6.07, 6.45) is 0.0714. The van der Waals surface area contributed by atoms with Crippen molar-refractivity contribution >= 4 is 12.2 Å². The Morgan fingerprint density at radius 2 is 1.29 bits per heavy atom. The van der Waals surface area contributed by atoms with E-state index in [0.717, 1.165) is 12.8 Å². The number of carbonyl (C=O) groups excluding carboxylic acids is 2. The highest BCUT2D eigenvalue weighted by atomic mass is 16.6. The quantitative estimate of drug-likeness (QED) is 0.674. The molecule has 2 N–H and O–H groups in total. The summed E-state index contributed by atoms with van der Waals surface area (Å²) in [5.41, 5.74) is 4.08. The fourth-order valence-corrected chi connectivity index (χ4v) is 0.564. The van der Waals surface area contributed by atoms with E-state index in [1.54, 1.807) is 0 Å². The van der Waals surface area contributed by atoms with E-state index in [1.165, 1.54) is 0 Å². The summed E-state index contributed by atoms with van der Waals surface area (Å²) in [7, 11) is 0. The van der Waals surface area contributed by atoms with E-state index < -0.39 is 12.2 Å². The molecular formula is C8H16N2O4. The summed E-state index contributed by atoms with van der Waals surface area (Å²) in [6, 6.07) is 0. The first kappa shape index (κ1) is 12.5. The molecule has 0 unspecified atom stereocenters. The van der Waals surface area contributed by atoms with Crippen LogP contribution in [0.2, 0.25) is 0 Å². The Balaban J connectivity index is 3.41. The van der Waals surface area contributed by atoms with Crippen LogP contribution in [-0.4, -0.2) is 25.4 Å². The lowest BCUT2D eigenvalue weighted by Crippen LogP contribution is -2.42. The molecule has 0 aliphatic rings. The number of nitrogens with one attached hydrogen (secondary N) is 2. The third kappa shape index (κ3) is 7.20. The van der Waals surface area contributed by atoms with Crippen molar-refractivity contribution in [2.45, 2.75) is 26.7 Å². The summed E-state index contributed by atoms with van der Waals surface area (Å²) in [6.45, 7) is 4.38. The minimum Gasteiger partial charge on any atom is -0.448 e. The van der Waals surface area contributed by atoms with Crippen molar-refractivity contribution < 1.29 is 19.1 Å². The van der Waals surface area contributed by atoms with E-state index in [0.29, 0.717) is 13.2 Å². The standard InChI is InChI=1S/C8H16N2O4/c1-3-5-13-7(11)9-10-8(12)14-6-4-2/h3-6H2,1-2H3,(H,9,11)(H,10,12). The predicted octanol–water partition coefficient (Wildman–Crippen LogP) is 1.17. The number of amides is 2. The molecule has 0 saturated heterocycles. The van der Waals surface area contributed by atoms with Crippen molar-refractivity contribution in [3.63, 3.8) is 0 Å². The predicted molar refractivity (Wildman–Crippen MR) is 49.5 cm³/mol. The van der Waals surface area contributed by atoms with E-state index in [4.69, 9.17) is 0 Å². The maximum Gasteiger partial charge on any atom is 0.426 e. The minimum absolute atomic E-state index is 0.317. The third-order valence-corrected chi connectivity index (χ3v) is 1.14. The SMILES string of the molecule is CCCOC(=O)NNC(=O)OCCC. The molecule has 14 heavy (non-hydrogen) atoms. The zero-order chi connectivity index (χ0) is 10.8. The average molecular weight is 204 g/mol. The molecule has 0 fully saturated rings. The van der Waals surface area contributed by atoms with Crippen LogP contribution in [0, 0.1) is 0 Å². The normalized spacial score (nSPS) is 9.00. The zero-order valence-corrected chi connectivity index (χ0v) is 8.46. The van der Waals surface area contributed by atoms with Crippen LogP contribution in [-0.2, 0) is 9.47 Å². The van der Waals surface area contributed by atoms with E-state index in [9.17, 15) is 9.59 Å². The Bertz CT molecular complexity index is 164. The largest absolute Gasteiger partial charge is 0.448 e. The lowest BCUT2D eigenvalue weighted by Gasteiger charge is -2.07. The maximum absolute atomic E-state index is 10.8. The Morgan fingerprint density at radius 3 is 1.57 bits per heavy atom. The molecule has 0 aromatic carbocycles. The first-order chi connectivity index (χ1) is 6.70. The van der Waals surface area contributed by atoms with Gasteiger partial charge in [-0.15, -0.1) is 0 Å². The molecule has 0 atom stereocenters. The molecule has 6 heteroatoms. The number of hydrogen-bond donors (Lipinski definition) is 2. The fourth-order valence-electron chi connectivity index (χ4n) is 0.564. The molecule has 0 aliphatic carbocycles. The highest BCUT2D eigenvalue weighted by Crippen LogP contribution is 1.82. The second-order valence-corrected chi connectivity index (χ2v) is 2.52. The van der Waals surface area contributed by atoms with Gasteiger partial charge in [0, 0.05) is 0 Å². The molecule has 0 aliphatic heterocycles. The Morgan fingerprint density at radius 1 is 0.929 bits per heavy atom. The van der Waals surface area contributed by atoms with Gasteiger partial charge in [0.25, 0.3) is 0 Å². The molecule has 0 bridgehead atoms. The topological polar surface area (TPSA) is 76.7 Å². The number of carbonyl (C=O) groups is 2. The second kappa shape index (κ2) is 8.15. The van der Waals surface area contributed by atoms with Crippen LogP contribution in [0.3, 0.4) is 0 Å². The van der Waals surface area contributed by atoms with Gasteiger partial charge in [-0.2, -0.15) is 0 Å².